The molecule has 0 saturated carbocycles. The molecule has 1 rings (SSSR count). The molecule has 0 fully saturated rings. The van der Waals surface area contributed by atoms with E-state index in [9.17, 15) is 4.79 Å². The Morgan fingerprint density at radius 3 is 2.76 bits per heavy atom. The van der Waals surface area contributed by atoms with Crippen molar-refractivity contribution < 1.29 is 14.6 Å². The van der Waals surface area contributed by atoms with Crippen LogP contribution in [0.1, 0.15) is 24.2 Å². The molecule has 0 aliphatic carbocycles. The Bertz CT molecular complexity index is 379. The zero-order chi connectivity index (χ0) is 12.8. The molecule has 17 heavy (non-hydrogen) atoms. The van der Waals surface area contributed by atoms with Crippen LogP contribution in [0, 0.1) is 5.92 Å². The minimum atomic E-state index is -0.156. The van der Waals surface area contributed by atoms with E-state index in [0.29, 0.717) is 11.3 Å². The van der Waals surface area contributed by atoms with Gasteiger partial charge in [-0.15, -0.1) is 0 Å². The van der Waals surface area contributed by atoms with Crippen LogP contribution in [0.25, 0.3) is 0 Å². The number of carbonyl (C=O) groups is 1. The summed E-state index contributed by atoms with van der Waals surface area (Å²) in [7, 11) is 1.56. The Morgan fingerprint density at radius 2 is 2.18 bits per heavy atom. The first-order valence-electron chi connectivity index (χ1n) is 5.64. The van der Waals surface area contributed by atoms with Gasteiger partial charge in [-0.3, -0.25) is 4.79 Å². The molecule has 4 heteroatoms. The van der Waals surface area contributed by atoms with Gasteiger partial charge >= 0.3 is 0 Å². The van der Waals surface area contributed by atoms with Crippen LogP contribution in [-0.4, -0.2) is 30.8 Å². The summed E-state index contributed by atoms with van der Waals surface area (Å²) in [6, 6.07) is 6.91. The van der Waals surface area contributed by atoms with E-state index in [4.69, 9.17) is 9.84 Å². The summed E-state index contributed by atoms with van der Waals surface area (Å²) in [4.78, 5) is 11.9. The SMILES string of the molecule is COc1cccc(C(=O)NC(C)C(C)CO)c1. The third-order valence-corrected chi connectivity index (χ3v) is 2.83. The number of aliphatic hydroxyl groups excluding tert-OH is 1. The van der Waals surface area contributed by atoms with E-state index in [2.05, 4.69) is 5.32 Å². The highest BCUT2D eigenvalue weighted by Gasteiger charge is 2.15. The molecule has 0 aromatic heterocycles. The Morgan fingerprint density at radius 1 is 1.47 bits per heavy atom. The van der Waals surface area contributed by atoms with Crippen molar-refractivity contribution in [3.63, 3.8) is 0 Å². The smallest absolute Gasteiger partial charge is 0.251 e. The molecule has 0 heterocycles. The van der Waals surface area contributed by atoms with Gasteiger partial charge in [-0.2, -0.15) is 0 Å². The van der Waals surface area contributed by atoms with Crippen LogP contribution in [-0.2, 0) is 0 Å². The molecule has 0 aliphatic rings. The molecule has 1 aromatic carbocycles. The number of benzene rings is 1. The number of methoxy groups -OCH3 is 1. The van der Waals surface area contributed by atoms with Gasteiger partial charge in [-0.25, -0.2) is 0 Å². The monoisotopic (exact) mass is 237 g/mol. The Labute approximate surface area is 102 Å². The zero-order valence-electron chi connectivity index (χ0n) is 10.4. The maximum atomic E-state index is 11.9. The van der Waals surface area contributed by atoms with Crippen molar-refractivity contribution in [2.75, 3.05) is 13.7 Å². The summed E-state index contributed by atoms with van der Waals surface area (Å²) < 4.78 is 5.06. The summed E-state index contributed by atoms with van der Waals surface area (Å²) in [5.41, 5.74) is 0.557. The summed E-state index contributed by atoms with van der Waals surface area (Å²) >= 11 is 0. The van der Waals surface area contributed by atoms with Gasteiger partial charge < -0.3 is 15.2 Å². The fraction of sp³-hybridized carbons (Fsp3) is 0.462. The first-order valence-corrected chi connectivity index (χ1v) is 5.64. The third-order valence-electron chi connectivity index (χ3n) is 2.83. The van der Waals surface area contributed by atoms with E-state index in [1.54, 1.807) is 31.4 Å². The second-order valence-electron chi connectivity index (χ2n) is 4.15. The van der Waals surface area contributed by atoms with E-state index in [1.165, 1.54) is 0 Å². The number of ether oxygens (including phenoxy) is 1. The van der Waals surface area contributed by atoms with Crippen molar-refractivity contribution in [2.24, 2.45) is 5.92 Å². The minimum absolute atomic E-state index is 0.0320. The fourth-order valence-corrected chi connectivity index (χ4v) is 1.35. The van der Waals surface area contributed by atoms with Gasteiger partial charge in [0.2, 0.25) is 0 Å². The molecule has 0 radical (unpaired) electrons. The number of rotatable bonds is 5. The van der Waals surface area contributed by atoms with Gasteiger partial charge in [0.15, 0.2) is 0 Å². The van der Waals surface area contributed by atoms with E-state index >= 15 is 0 Å². The molecule has 94 valence electrons. The topological polar surface area (TPSA) is 58.6 Å². The molecule has 4 nitrogen and oxygen atoms in total. The van der Waals surface area contributed by atoms with E-state index in [-0.39, 0.29) is 24.5 Å². The number of nitrogens with one attached hydrogen (secondary N) is 1. The van der Waals surface area contributed by atoms with Crippen LogP contribution < -0.4 is 10.1 Å². The Balaban J connectivity index is 2.69. The molecule has 2 atom stereocenters. The molecule has 2 N–H and O–H groups in total. The van der Waals surface area contributed by atoms with Gasteiger partial charge in [0, 0.05) is 18.2 Å². The number of amides is 1. The van der Waals surface area contributed by atoms with Crippen LogP contribution in [0.2, 0.25) is 0 Å². The normalized spacial score (nSPS) is 13.9. The van der Waals surface area contributed by atoms with Crippen molar-refractivity contribution in [1.82, 2.24) is 5.32 Å². The van der Waals surface area contributed by atoms with E-state index in [0.717, 1.165) is 0 Å². The minimum Gasteiger partial charge on any atom is -0.497 e. The van der Waals surface area contributed by atoms with Crippen molar-refractivity contribution in [3.8, 4) is 5.75 Å². The summed E-state index contributed by atoms with van der Waals surface area (Å²) in [5.74, 6) is 0.529. The van der Waals surface area contributed by atoms with Crippen LogP contribution in [0.3, 0.4) is 0 Å². The largest absolute Gasteiger partial charge is 0.497 e. The van der Waals surface area contributed by atoms with Gasteiger partial charge in [0.25, 0.3) is 5.91 Å². The second-order valence-corrected chi connectivity index (χ2v) is 4.15. The molecular weight excluding hydrogens is 218 g/mol. The maximum Gasteiger partial charge on any atom is 0.251 e. The molecule has 0 saturated heterocycles. The summed E-state index contributed by atoms with van der Waals surface area (Å²) in [5, 5.41) is 11.8. The molecule has 1 aromatic rings. The lowest BCUT2D eigenvalue weighted by molar-refractivity contribution is 0.0916. The van der Waals surface area contributed by atoms with E-state index in [1.807, 2.05) is 13.8 Å². The molecule has 0 aliphatic heterocycles. The lowest BCUT2D eigenvalue weighted by Gasteiger charge is -2.19. The Kier molecular flexibility index (Phi) is 4.97. The van der Waals surface area contributed by atoms with Crippen molar-refractivity contribution in [3.05, 3.63) is 29.8 Å². The van der Waals surface area contributed by atoms with Gasteiger partial charge in [0.1, 0.15) is 5.75 Å². The highest BCUT2D eigenvalue weighted by Crippen LogP contribution is 2.13. The van der Waals surface area contributed by atoms with E-state index < -0.39 is 0 Å². The molecule has 1 amide bonds. The fourth-order valence-electron chi connectivity index (χ4n) is 1.35. The van der Waals surface area contributed by atoms with Crippen molar-refractivity contribution in [1.29, 1.82) is 0 Å². The van der Waals surface area contributed by atoms with Crippen LogP contribution in [0.4, 0.5) is 0 Å². The first kappa shape index (κ1) is 13.5. The summed E-state index contributed by atoms with van der Waals surface area (Å²) in [6.07, 6.45) is 0. The van der Waals surface area contributed by atoms with Gasteiger partial charge in [-0.05, 0) is 31.0 Å². The van der Waals surface area contributed by atoms with Gasteiger partial charge in [-0.1, -0.05) is 13.0 Å². The van der Waals surface area contributed by atoms with Crippen molar-refractivity contribution >= 4 is 5.91 Å². The maximum absolute atomic E-state index is 11.9. The quantitative estimate of drug-likeness (QED) is 0.814. The molecular formula is C13H19NO3. The average Bonchev–Trinajstić information content (AvgIpc) is 2.37. The highest BCUT2D eigenvalue weighted by molar-refractivity contribution is 5.94. The Hall–Kier alpha value is -1.55. The second kappa shape index (κ2) is 6.25. The zero-order valence-corrected chi connectivity index (χ0v) is 10.4. The average molecular weight is 237 g/mol. The number of aliphatic hydroxyl groups is 1. The number of hydrogen-bond acceptors (Lipinski definition) is 3. The standard InChI is InChI=1S/C13H19NO3/c1-9(8-15)10(2)14-13(16)11-5-4-6-12(7-11)17-3/h4-7,9-10,15H,8H2,1-3H3,(H,14,16). The van der Waals surface area contributed by atoms with Crippen LogP contribution in [0.5, 0.6) is 5.75 Å². The predicted octanol–water partition coefficient (Wildman–Crippen LogP) is 1.44. The number of hydrogen-bond donors (Lipinski definition) is 2. The van der Waals surface area contributed by atoms with Crippen molar-refractivity contribution in [2.45, 2.75) is 19.9 Å². The third kappa shape index (κ3) is 3.75. The molecule has 0 bridgehead atoms. The first-order chi connectivity index (χ1) is 8.08. The predicted molar refractivity (Wildman–Crippen MR) is 66.2 cm³/mol. The van der Waals surface area contributed by atoms with Gasteiger partial charge in [0.05, 0.1) is 7.11 Å². The summed E-state index contributed by atoms with van der Waals surface area (Å²) in [6.45, 7) is 3.81. The molecule has 0 spiro atoms. The lowest BCUT2D eigenvalue weighted by atomic mass is 10.0. The lowest BCUT2D eigenvalue weighted by Crippen LogP contribution is -2.38. The highest BCUT2D eigenvalue weighted by atomic mass is 16.5. The molecule has 2 unspecified atom stereocenters. The number of carbonyl (C=O) groups excluding carboxylic acids is 1. The van der Waals surface area contributed by atoms with Crippen LogP contribution >= 0.6 is 0 Å². The van der Waals surface area contributed by atoms with Crippen LogP contribution in [0.15, 0.2) is 24.3 Å².